The highest BCUT2D eigenvalue weighted by Gasteiger charge is 2.25. The summed E-state index contributed by atoms with van der Waals surface area (Å²) in [7, 11) is 0. The summed E-state index contributed by atoms with van der Waals surface area (Å²) < 4.78 is 18.8. The molecule has 0 atom stereocenters. The number of hydrogen-bond acceptors (Lipinski definition) is 4. The minimum absolute atomic E-state index is 0.326. The van der Waals surface area contributed by atoms with Crippen LogP contribution in [0.15, 0.2) is 18.3 Å². The van der Waals surface area contributed by atoms with Gasteiger partial charge in [0.2, 0.25) is 0 Å². The van der Waals surface area contributed by atoms with Crippen molar-refractivity contribution in [2.45, 2.75) is 32.8 Å². The number of pyridine rings is 1. The summed E-state index contributed by atoms with van der Waals surface area (Å²) in [5, 5.41) is 7.69. The van der Waals surface area contributed by atoms with Crippen molar-refractivity contribution in [1.29, 1.82) is 0 Å². The monoisotopic (exact) mass is 318 g/mol. The molecule has 0 fully saturated rings. The molecule has 7 heteroatoms. The highest BCUT2D eigenvalue weighted by molar-refractivity contribution is 5.88. The number of nitrogens with one attached hydrogen (secondary N) is 1. The molecule has 0 aromatic carbocycles. The van der Waals surface area contributed by atoms with Crippen molar-refractivity contribution >= 4 is 22.7 Å². The van der Waals surface area contributed by atoms with Crippen LogP contribution >= 0.6 is 0 Å². The fourth-order valence-corrected chi connectivity index (χ4v) is 2.50. The highest BCUT2D eigenvalue weighted by atomic mass is 19.1. The predicted octanol–water partition coefficient (Wildman–Crippen LogP) is 3.12. The van der Waals surface area contributed by atoms with Gasteiger partial charge in [0.15, 0.2) is 5.65 Å². The van der Waals surface area contributed by atoms with E-state index in [0.717, 1.165) is 11.8 Å². The zero-order valence-corrected chi connectivity index (χ0v) is 13.4. The predicted molar refractivity (Wildman–Crippen MR) is 84.2 cm³/mol. The van der Waals surface area contributed by atoms with E-state index in [1.54, 1.807) is 4.90 Å². The molecule has 0 aliphatic carbocycles. The van der Waals surface area contributed by atoms with Gasteiger partial charge < -0.3 is 9.64 Å². The minimum Gasteiger partial charge on any atom is -0.444 e. The lowest BCUT2D eigenvalue weighted by Gasteiger charge is -2.29. The Balaban J connectivity index is 1.78. The van der Waals surface area contributed by atoms with E-state index < -0.39 is 11.4 Å². The second-order valence-electron chi connectivity index (χ2n) is 6.53. The van der Waals surface area contributed by atoms with E-state index in [1.165, 1.54) is 6.07 Å². The quantitative estimate of drug-likeness (QED) is 0.877. The normalized spacial score (nSPS) is 15.7. The number of rotatable bonds is 1. The van der Waals surface area contributed by atoms with Crippen molar-refractivity contribution in [3.8, 4) is 0 Å². The number of carbonyl (C=O) groups excluding carboxylic acids is 1. The SMILES string of the molecule is CC(C)(C)OC(=O)N1CC=C(c2n[nH]c3ncc(F)cc23)CC1. The van der Waals surface area contributed by atoms with Crippen LogP contribution < -0.4 is 0 Å². The maximum absolute atomic E-state index is 13.4. The van der Waals surface area contributed by atoms with Crippen LogP contribution in [-0.4, -0.2) is 44.9 Å². The molecule has 0 unspecified atom stereocenters. The molecule has 1 amide bonds. The Morgan fingerprint density at radius 2 is 2.22 bits per heavy atom. The van der Waals surface area contributed by atoms with E-state index in [9.17, 15) is 9.18 Å². The average Bonchev–Trinajstić information content (AvgIpc) is 2.88. The van der Waals surface area contributed by atoms with E-state index in [2.05, 4.69) is 15.2 Å². The average molecular weight is 318 g/mol. The first-order valence-corrected chi connectivity index (χ1v) is 7.50. The first-order chi connectivity index (χ1) is 10.8. The fraction of sp³-hybridized carbons (Fsp3) is 0.438. The largest absolute Gasteiger partial charge is 0.444 e. The molecular formula is C16H19FN4O2. The Morgan fingerprint density at radius 3 is 2.87 bits per heavy atom. The fourth-order valence-electron chi connectivity index (χ4n) is 2.50. The van der Waals surface area contributed by atoms with Crippen LogP contribution in [0.25, 0.3) is 16.6 Å². The van der Waals surface area contributed by atoms with Gasteiger partial charge in [-0.05, 0) is 38.8 Å². The van der Waals surface area contributed by atoms with E-state index in [4.69, 9.17) is 4.74 Å². The summed E-state index contributed by atoms with van der Waals surface area (Å²) in [5.74, 6) is -0.396. The van der Waals surface area contributed by atoms with Crippen molar-refractivity contribution < 1.29 is 13.9 Å². The molecular weight excluding hydrogens is 299 g/mol. The van der Waals surface area contributed by atoms with Crippen LogP contribution in [0, 0.1) is 5.82 Å². The molecule has 0 bridgehead atoms. The maximum atomic E-state index is 13.4. The van der Waals surface area contributed by atoms with Crippen LogP contribution in [0.3, 0.4) is 0 Å². The number of aromatic nitrogens is 3. The third-order valence-corrected chi connectivity index (χ3v) is 3.55. The topological polar surface area (TPSA) is 71.1 Å². The van der Waals surface area contributed by atoms with Crippen molar-refractivity contribution in [2.24, 2.45) is 0 Å². The second-order valence-corrected chi connectivity index (χ2v) is 6.53. The number of hydrogen-bond donors (Lipinski definition) is 1. The van der Waals surface area contributed by atoms with Crippen LogP contribution in [-0.2, 0) is 4.74 Å². The first kappa shape index (κ1) is 15.5. The molecule has 3 rings (SSSR count). The first-order valence-electron chi connectivity index (χ1n) is 7.50. The molecule has 0 radical (unpaired) electrons. The van der Waals surface area contributed by atoms with Gasteiger partial charge in [0.25, 0.3) is 0 Å². The number of aromatic amines is 1. The molecule has 0 saturated carbocycles. The van der Waals surface area contributed by atoms with Crippen LogP contribution in [0.2, 0.25) is 0 Å². The lowest BCUT2D eigenvalue weighted by atomic mass is 10.0. The molecule has 1 aliphatic heterocycles. The van der Waals surface area contributed by atoms with Gasteiger partial charge in [0, 0.05) is 18.5 Å². The summed E-state index contributed by atoms with van der Waals surface area (Å²) in [6.07, 6.45) is 3.39. The zero-order chi connectivity index (χ0) is 16.6. The summed E-state index contributed by atoms with van der Waals surface area (Å²) in [6.45, 7) is 6.51. The Kier molecular flexibility index (Phi) is 3.79. The second kappa shape index (κ2) is 5.64. The molecule has 0 saturated heterocycles. The third-order valence-electron chi connectivity index (χ3n) is 3.55. The van der Waals surface area contributed by atoms with Gasteiger partial charge in [-0.3, -0.25) is 5.10 Å². The molecule has 0 spiro atoms. The van der Waals surface area contributed by atoms with Crippen molar-refractivity contribution in [1.82, 2.24) is 20.1 Å². The molecule has 6 nitrogen and oxygen atoms in total. The standard InChI is InChI=1S/C16H19FN4O2/c1-16(2,3)23-15(22)21-6-4-10(5-7-21)13-12-8-11(17)9-18-14(12)20-19-13/h4,8-9H,5-7H2,1-3H3,(H,18,19,20). The lowest BCUT2D eigenvalue weighted by Crippen LogP contribution is -2.39. The number of halogens is 1. The Labute approximate surface area is 133 Å². The van der Waals surface area contributed by atoms with E-state index in [-0.39, 0.29) is 6.09 Å². The third kappa shape index (κ3) is 3.33. The molecule has 3 heterocycles. The minimum atomic E-state index is -0.511. The summed E-state index contributed by atoms with van der Waals surface area (Å²) in [4.78, 5) is 17.7. The number of H-pyrrole nitrogens is 1. The van der Waals surface area contributed by atoms with Gasteiger partial charge in [-0.2, -0.15) is 5.10 Å². The Hall–Kier alpha value is -2.44. The number of carbonyl (C=O) groups is 1. The number of amides is 1. The van der Waals surface area contributed by atoms with E-state index in [0.29, 0.717) is 36.2 Å². The Morgan fingerprint density at radius 1 is 1.43 bits per heavy atom. The van der Waals surface area contributed by atoms with Gasteiger partial charge in [-0.1, -0.05) is 6.08 Å². The Bertz CT molecular complexity index is 776. The van der Waals surface area contributed by atoms with Crippen molar-refractivity contribution in [3.05, 3.63) is 29.9 Å². The van der Waals surface area contributed by atoms with Crippen molar-refractivity contribution in [3.63, 3.8) is 0 Å². The van der Waals surface area contributed by atoms with E-state index in [1.807, 2.05) is 26.8 Å². The zero-order valence-electron chi connectivity index (χ0n) is 13.4. The summed E-state index contributed by atoms with van der Waals surface area (Å²) >= 11 is 0. The lowest BCUT2D eigenvalue weighted by molar-refractivity contribution is 0.0270. The van der Waals surface area contributed by atoms with Gasteiger partial charge >= 0.3 is 6.09 Å². The molecule has 23 heavy (non-hydrogen) atoms. The molecule has 2 aromatic rings. The van der Waals surface area contributed by atoms with Crippen LogP contribution in [0.5, 0.6) is 0 Å². The molecule has 2 aromatic heterocycles. The summed E-state index contributed by atoms with van der Waals surface area (Å²) in [5.41, 5.74) is 1.71. The molecule has 1 aliphatic rings. The smallest absolute Gasteiger partial charge is 0.410 e. The van der Waals surface area contributed by atoms with Gasteiger partial charge in [-0.15, -0.1) is 0 Å². The van der Waals surface area contributed by atoms with Crippen LogP contribution in [0.4, 0.5) is 9.18 Å². The number of nitrogens with zero attached hydrogens (tertiary/aromatic N) is 3. The van der Waals surface area contributed by atoms with Crippen molar-refractivity contribution in [2.75, 3.05) is 13.1 Å². The van der Waals surface area contributed by atoms with Gasteiger partial charge in [0.05, 0.1) is 11.9 Å². The number of ether oxygens (including phenoxy) is 1. The van der Waals surface area contributed by atoms with Gasteiger partial charge in [-0.25, -0.2) is 14.2 Å². The summed E-state index contributed by atoms with van der Waals surface area (Å²) in [6, 6.07) is 1.42. The van der Waals surface area contributed by atoms with E-state index >= 15 is 0 Å². The maximum Gasteiger partial charge on any atom is 0.410 e. The van der Waals surface area contributed by atoms with Gasteiger partial charge in [0.1, 0.15) is 11.4 Å². The van der Waals surface area contributed by atoms with Crippen LogP contribution in [0.1, 0.15) is 32.9 Å². The number of fused-ring (bicyclic) bond motifs is 1. The molecule has 122 valence electrons. The molecule has 1 N–H and O–H groups in total. The highest BCUT2D eigenvalue weighted by Crippen LogP contribution is 2.27.